The maximum Gasteiger partial charge on any atom is 0.279 e. The van der Waals surface area contributed by atoms with Gasteiger partial charge in [0.15, 0.2) is 0 Å². The zero-order chi connectivity index (χ0) is 13.9. The molecule has 0 aliphatic rings. The minimum Gasteiger partial charge on any atom is -0.395 e. The third kappa shape index (κ3) is 5.78. The molecule has 2 atom stereocenters. The fourth-order valence-corrected chi connectivity index (χ4v) is 1.90. The fourth-order valence-electron chi connectivity index (χ4n) is 1.10. The van der Waals surface area contributed by atoms with Crippen molar-refractivity contribution in [1.29, 1.82) is 0 Å². The van der Waals surface area contributed by atoms with Crippen LogP contribution < -0.4 is 4.72 Å². The van der Waals surface area contributed by atoms with Crippen molar-refractivity contribution < 1.29 is 18.6 Å². The Morgan fingerprint density at radius 2 is 1.76 bits per heavy atom. The van der Waals surface area contributed by atoms with Gasteiger partial charge >= 0.3 is 0 Å². The largest absolute Gasteiger partial charge is 0.395 e. The summed E-state index contributed by atoms with van der Waals surface area (Å²) in [6, 6.07) is -0.684. The van der Waals surface area contributed by atoms with Gasteiger partial charge in [-0.3, -0.25) is 0 Å². The summed E-state index contributed by atoms with van der Waals surface area (Å²) in [4.78, 5) is 0. The Balaban J connectivity index is 4.57. The molecule has 0 heterocycles. The molecule has 0 fully saturated rings. The second-order valence-electron chi connectivity index (χ2n) is 5.40. The standard InChI is InChI=1S/C10H24N2O4S/c1-10(2,3)9(14)6-8(7-13)11-17(15,16)12(4)5/h8-9,11,13-14H,6-7H2,1-5H3/t8-,9+/m1/s1. The van der Waals surface area contributed by atoms with Crippen molar-refractivity contribution in [2.45, 2.75) is 39.3 Å². The van der Waals surface area contributed by atoms with Crippen molar-refractivity contribution in [2.75, 3.05) is 20.7 Å². The third-order valence-electron chi connectivity index (χ3n) is 2.52. The van der Waals surface area contributed by atoms with Gasteiger partial charge in [-0.2, -0.15) is 17.4 Å². The summed E-state index contributed by atoms with van der Waals surface area (Å²) >= 11 is 0. The molecule has 0 rings (SSSR count). The molecular formula is C10H24N2O4S. The highest BCUT2D eigenvalue weighted by molar-refractivity contribution is 7.87. The maximum absolute atomic E-state index is 11.6. The fraction of sp³-hybridized carbons (Fsp3) is 1.00. The minimum atomic E-state index is -3.59. The summed E-state index contributed by atoms with van der Waals surface area (Å²) in [6.07, 6.45) is -0.517. The number of aliphatic hydroxyl groups is 2. The summed E-state index contributed by atoms with van der Waals surface area (Å²) in [5.74, 6) is 0. The SMILES string of the molecule is CN(C)S(=O)(=O)N[C@@H](CO)C[C@H](O)C(C)(C)C. The first-order valence-corrected chi connectivity index (χ1v) is 6.93. The predicted molar refractivity (Wildman–Crippen MR) is 66.7 cm³/mol. The van der Waals surface area contributed by atoms with E-state index < -0.39 is 22.4 Å². The summed E-state index contributed by atoms with van der Waals surface area (Å²) in [7, 11) is -0.789. The first-order valence-electron chi connectivity index (χ1n) is 5.49. The van der Waals surface area contributed by atoms with Gasteiger partial charge in [0, 0.05) is 20.1 Å². The molecule has 0 bridgehead atoms. The zero-order valence-electron chi connectivity index (χ0n) is 11.1. The van der Waals surface area contributed by atoms with E-state index in [2.05, 4.69) is 4.72 Å². The molecule has 0 aliphatic carbocycles. The van der Waals surface area contributed by atoms with Gasteiger partial charge in [-0.1, -0.05) is 20.8 Å². The van der Waals surface area contributed by atoms with Gasteiger partial charge in [-0.15, -0.1) is 0 Å². The summed E-state index contributed by atoms with van der Waals surface area (Å²) in [5.41, 5.74) is -0.350. The molecule has 0 aromatic heterocycles. The van der Waals surface area contributed by atoms with Crippen molar-refractivity contribution in [3.05, 3.63) is 0 Å². The Hall–Kier alpha value is -0.210. The van der Waals surface area contributed by atoms with Gasteiger partial charge in [0.05, 0.1) is 12.7 Å². The summed E-state index contributed by atoms with van der Waals surface area (Å²) < 4.78 is 26.5. The molecule has 104 valence electrons. The first kappa shape index (κ1) is 16.8. The normalized spacial score (nSPS) is 17.2. The monoisotopic (exact) mass is 268 g/mol. The molecule has 0 saturated carbocycles. The second kappa shape index (κ2) is 6.10. The van der Waals surface area contributed by atoms with Gasteiger partial charge in [-0.25, -0.2) is 0 Å². The lowest BCUT2D eigenvalue weighted by atomic mass is 9.86. The molecule has 0 spiro atoms. The van der Waals surface area contributed by atoms with Gasteiger partial charge in [0.1, 0.15) is 0 Å². The number of nitrogens with one attached hydrogen (secondary N) is 1. The van der Waals surface area contributed by atoms with Crippen molar-refractivity contribution in [2.24, 2.45) is 5.41 Å². The van der Waals surface area contributed by atoms with Gasteiger partial charge < -0.3 is 10.2 Å². The first-order chi connectivity index (χ1) is 7.50. The highest BCUT2D eigenvalue weighted by Crippen LogP contribution is 2.22. The molecule has 6 nitrogen and oxygen atoms in total. The molecule has 3 N–H and O–H groups in total. The third-order valence-corrected chi connectivity index (χ3v) is 4.12. The van der Waals surface area contributed by atoms with Crippen molar-refractivity contribution >= 4 is 10.2 Å². The van der Waals surface area contributed by atoms with Gasteiger partial charge in [0.2, 0.25) is 0 Å². The van der Waals surface area contributed by atoms with Crippen LogP contribution in [0.4, 0.5) is 0 Å². The number of rotatable bonds is 6. The molecule has 0 aliphatic heterocycles. The van der Waals surface area contributed by atoms with Crippen LogP contribution >= 0.6 is 0 Å². The van der Waals surface area contributed by atoms with Crippen molar-refractivity contribution in [3.63, 3.8) is 0 Å². The molecule has 0 aromatic rings. The minimum absolute atomic E-state index is 0.174. The van der Waals surface area contributed by atoms with E-state index in [0.717, 1.165) is 4.31 Å². The lowest BCUT2D eigenvalue weighted by molar-refractivity contribution is 0.0419. The van der Waals surface area contributed by atoms with E-state index in [4.69, 9.17) is 5.11 Å². The van der Waals surface area contributed by atoms with Crippen LogP contribution in [0.5, 0.6) is 0 Å². The predicted octanol–water partition coefficient (Wildman–Crippen LogP) is -0.460. The van der Waals surface area contributed by atoms with Crippen LogP contribution in [0, 0.1) is 5.41 Å². The van der Waals surface area contributed by atoms with Crippen LogP contribution in [0.3, 0.4) is 0 Å². The summed E-state index contributed by atoms with van der Waals surface area (Å²) in [6.45, 7) is 5.21. The van der Waals surface area contributed by atoms with Gasteiger partial charge in [0.25, 0.3) is 10.2 Å². The molecule has 0 radical (unpaired) electrons. The number of hydrogen-bond acceptors (Lipinski definition) is 4. The van der Waals surface area contributed by atoms with Crippen LogP contribution in [-0.4, -0.2) is 55.8 Å². The smallest absolute Gasteiger partial charge is 0.279 e. The highest BCUT2D eigenvalue weighted by Gasteiger charge is 2.27. The molecule has 0 amide bonds. The molecule has 7 heteroatoms. The number of hydrogen-bond donors (Lipinski definition) is 3. The lowest BCUT2D eigenvalue weighted by Crippen LogP contribution is -2.46. The maximum atomic E-state index is 11.6. The quantitative estimate of drug-likeness (QED) is 0.608. The molecule has 0 aromatic carbocycles. The Morgan fingerprint density at radius 1 is 1.29 bits per heavy atom. The Bertz CT molecular complexity index is 322. The van der Waals surface area contributed by atoms with E-state index in [-0.39, 0.29) is 18.4 Å². The van der Waals surface area contributed by atoms with Crippen LogP contribution in [0.2, 0.25) is 0 Å². The van der Waals surface area contributed by atoms with E-state index in [1.165, 1.54) is 14.1 Å². The molecule has 17 heavy (non-hydrogen) atoms. The second-order valence-corrected chi connectivity index (χ2v) is 7.32. The highest BCUT2D eigenvalue weighted by atomic mass is 32.2. The van der Waals surface area contributed by atoms with Crippen molar-refractivity contribution in [3.8, 4) is 0 Å². The van der Waals surface area contributed by atoms with E-state index in [0.29, 0.717) is 0 Å². The topological polar surface area (TPSA) is 89.9 Å². The Labute approximate surface area is 104 Å². The average Bonchev–Trinajstić information content (AvgIpc) is 2.14. The van der Waals surface area contributed by atoms with Crippen LogP contribution in [0.15, 0.2) is 0 Å². The lowest BCUT2D eigenvalue weighted by Gasteiger charge is -2.29. The van der Waals surface area contributed by atoms with E-state index >= 15 is 0 Å². The van der Waals surface area contributed by atoms with E-state index in [1.54, 1.807) is 0 Å². The van der Waals surface area contributed by atoms with E-state index in [9.17, 15) is 13.5 Å². The van der Waals surface area contributed by atoms with E-state index in [1.807, 2.05) is 20.8 Å². The number of nitrogens with zero attached hydrogens (tertiary/aromatic N) is 1. The summed E-state index contributed by atoms with van der Waals surface area (Å²) in [5, 5.41) is 19.0. The average molecular weight is 268 g/mol. The van der Waals surface area contributed by atoms with Crippen LogP contribution in [0.25, 0.3) is 0 Å². The zero-order valence-corrected chi connectivity index (χ0v) is 12.0. The molecular weight excluding hydrogens is 244 g/mol. The molecule has 0 unspecified atom stereocenters. The van der Waals surface area contributed by atoms with Gasteiger partial charge in [-0.05, 0) is 11.8 Å². The molecule has 0 saturated heterocycles. The number of aliphatic hydroxyl groups excluding tert-OH is 2. The Morgan fingerprint density at radius 3 is 2.06 bits per heavy atom. The van der Waals surface area contributed by atoms with Crippen LogP contribution in [0.1, 0.15) is 27.2 Å². The van der Waals surface area contributed by atoms with Crippen LogP contribution in [-0.2, 0) is 10.2 Å². The Kier molecular flexibility index (Phi) is 6.03. The van der Waals surface area contributed by atoms with Crippen molar-refractivity contribution in [1.82, 2.24) is 9.03 Å².